The molecule has 1 amide bonds. The van der Waals surface area contributed by atoms with Crippen LogP contribution in [0.4, 0.5) is 0 Å². The van der Waals surface area contributed by atoms with Crippen LogP contribution in [0.1, 0.15) is 16.6 Å². The molecule has 0 aliphatic carbocycles. The van der Waals surface area contributed by atoms with Crippen molar-refractivity contribution >= 4 is 34.8 Å². The van der Waals surface area contributed by atoms with Gasteiger partial charge in [0.15, 0.2) is 6.10 Å². The van der Waals surface area contributed by atoms with Gasteiger partial charge in [-0.15, -0.1) is 11.3 Å². The van der Waals surface area contributed by atoms with E-state index in [4.69, 9.17) is 16.3 Å². The molecule has 0 saturated carbocycles. The summed E-state index contributed by atoms with van der Waals surface area (Å²) in [4.78, 5) is 24.8. The number of likely N-dealkylation sites (N-methyl/N-ethyl adjacent to an activating group) is 1. The number of hydrogen-bond donors (Lipinski definition) is 0. The Kier molecular flexibility index (Phi) is 4.32. The van der Waals surface area contributed by atoms with Crippen LogP contribution in [0.25, 0.3) is 0 Å². The van der Waals surface area contributed by atoms with Crippen LogP contribution in [-0.4, -0.2) is 37.0 Å². The molecule has 0 N–H and O–H groups in total. The van der Waals surface area contributed by atoms with Crippen LogP contribution in [0.3, 0.4) is 0 Å². The van der Waals surface area contributed by atoms with Gasteiger partial charge in [-0.05, 0) is 19.1 Å². The van der Waals surface area contributed by atoms with Crippen molar-refractivity contribution in [2.75, 3.05) is 14.1 Å². The van der Waals surface area contributed by atoms with Gasteiger partial charge in [-0.1, -0.05) is 11.6 Å². The standard InChI is InChI=1S/C10H12ClNO3S/c1-6(9(13)12(2)3)15-10(14)7-4-5-8(11)16-7/h4-6H,1-3H3/t6-/m1/s1. The van der Waals surface area contributed by atoms with E-state index in [-0.39, 0.29) is 5.91 Å². The summed E-state index contributed by atoms with van der Waals surface area (Å²) in [5.41, 5.74) is 0. The summed E-state index contributed by atoms with van der Waals surface area (Å²) in [6, 6.07) is 3.18. The van der Waals surface area contributed by atoms with E-state index >= 15 is 0 Å². The number of halogens is 1. The molecule has 4 nitrogen and oxygen atoms in total. The Labute approximate surface area is 103 Å². The Balaban J connectivity index is 2.61. The molecule has 0 aliphatic heterocycles. The lowest BCUT2D eigenvalue weighted by Gasteiger charge is -2.16. The fourth-order valence-corrected chi connectivity index (χ4v) is 1.98. The smallest absolute Gasteiger partial charge is 0.349 e. The van der Waals surface area contributed by atoms with E-state index < -0.39 is 12.1 Å². The van der Waals surface area contributed by atoms with Crippen LogP contribution in [0.5, 0.6) is 0 Å². The van der Waals surface area contributed by atoms with Crippen LogP contribution in [0.15, 0.2) is 12.1 Å². The second-order valence-corrected chi connectivity index (χ2v) is 5.10. The lowest BCUT2D eigenvalue weighted by molar-refractivity contribution is -0.137. The topological polar surface area (TPSA) is 46.6 Å². The molecule has 0 unspecified atom stereocenters. The van der Waals surface area contributed by atoms with E-state index in [0.717, 1.165) is 11.3 Å². The molecule has 0 aromatic carbocycles. The fraction of sp³-hybridized carbons (Fsp3) is 0.400. The monoisotopic (exact) mass is 261 g/mol. The number of ether oxygens (including phenoxy) is 1. The Hall–Kier alpha value is -1.07. The molecule has 6 heteroatoms. The lowest BCUT2D eigenvalue weighted by Crippen LogP contribution is -2.34. The first-order valence-electron chi connectivity index (χ1n) is 4.59. The highest BCUT2D eigenvalue weighted by Crippen LogP contribution is 2.22. The molecule has 0 bridgehead atoms. The summed E-state index contributed by atoms with van der Waals surface area (Å²) in [6.07, 6.45) is -0.789. The lowest BCUT2D eigenvalue weighted by atomic mass is 10.3. The van der Waals surface area contributed by atoms with Crippen molar-refractivity contribution in [3.63, 3.8) is 0 Å². The zero-order chi connectivity index (χ0) is 12.3. The van der Waals surface area contributed by atoms with E-state index in [1.165, 1.54) is 11.8 Å². The first kappa shape index (κ1) is 13.0. The highest BCUT2D eigenvalue weighted by molar-refractivity contribution is 7.17. The van der Waals surface area contributed by atoms with Crippen LogP contribution in [-0.2, 0) is 9.53 Å². The van der Waals surface area contributed by atoms with Crippen molar-refractivity contribution < 1.29 is 14.3 Å². The minimum absolute atomic E-state index is 0.254. The minimum atomic E-state index is -0.789. The molecular weight excluding hydrogens is 250 g/mol. The normalized spacial score (nSPS) is 12.0. The molecule has 88 valence electrons. The van der Waals surface area contributed by atoms with E-state index in [1.807, 2.05) is 0 Å². The largest absolute Gasteiger partial charge is 0.448 e. The number of esters is 1. The zero-order valence-corrected chi connectivity index (χ0v) is 10.8. The predicted octanol–water partition coefficient (Wildman–Crippen LogP) is 2.03. The summed E-state index contributed by atoms with van der Waals surface area (Å²) in [7, 11) is 3.21. The van der Waals surface area contributed by atoms with Crippen LogP contribution in [0, 0.1) is 0 Å². The maximum absolute atomic E-state index is 11.6. The second-order valence-electron chi connectivity index (χ2n) is 3.38. The summed E-state index contributed by atoms with van der Waals surface area (Å²) in [6.45, 7) is 1.54. The number of rotatable bonds is 3. The SMILES string of the molecule is C[C@@H](OC(=O)c1ccc(Cl)s1)C(=O)N(C)C. The molecule has 1 aromatic rings. The van der Waals surface area contributed by atoms with Gasteiger partial charge in [0, 0.05) is 14.1 Å². The van der Waals surface area contributed by atoms with Gasteiger partial charge in [0.05, 0.1) is 4.34 Å². The maximum Gasteiger partial charge on any atom is 0.349 e. The van der Waals surface area contributed by atoms with Crippen molar-refractivity contribution in [3.05, 3.63) is 21.3 Å². The third-order valence-corrected chi connectivity index (χ3v) is 3.06. The summed E-state index contributed by atoms with van der Waals surface area (Å²) >= 11 is 6.81. The maximum atomic E-state index is 11.6. The molecule has 0 spiro atoms. The molecule has 0 radical (unpaired) electrons. The highest BCUT2D eigenvalue weighted by atomic mass is 35.5. The van der Waals surface area contributed by atoms with Gasteiger partial charge in [0.1, 0.15) is 4.88 Å². The summed E-state index contributed by atoms with van der Waals surface area (Å²) in [5, 5.41) is 0. The van der Waals surface area contributed by atoms with Crippen LogP contribution in [0.2, 0.25) is 4.34 Å². The fourth-order valence-electron chi connectivity index (χ4n) is 1.06. The van der Waals surface area contributed by atoms with Gasteiger partial charge in [-0.2, -0.15) is 0 Å². The first-order valence-corrected chi connectivity index (χ1v) is 5.78. The third kappa shape index (κ3) is 3.21. The van der Waals surface area contributed by atoms with Crippen molar-refractivity contribution in [2.24, 2.45) is 0 Å². The van der Waals surface area contributed by atoms with E-state index in [1.54, 1.807) is 26.2 Å². The molecule has 0 aliphatic rings. The summed E-state index contributed by atoms with van der Waals surface area (Å²) in [5.74, 6) is -0.782. The third-order valence-electron chi connectivity index (χ3n) is 1.85. The van der Waals surface area contributed by atoms with Gasteiger partial charge in [0.25, 0.3) is 5.91 Å². The van der Waals surface area contributed by atoms with Gasteiger partial charge >= 0.3 is 5.97 Å². The van der Waals surface area contributed by atoms with Crippen LogP contribution < -0.4 is 0 Å². The minimum Gasteiger partial charge on any atom is -0.448 e. The second kappa shape index (κ2) is 5.32. The van der Waals surface area contributed by atoms with Gasteiger partial charge < -0.3 is 9.64 Å². The molecule has 16 heavy (non-hydrogen) atoms. The van der Waals surface area contributed by atoms with Crippen molar-refractivity contribution in [1.29, 1.82) is 0 Å². The number of thiophene rings is 1. The highest BCUT2D eigenvalue weighted by Gasteiger charge is 2.21. The number of carbonyl (C=O) groups excluding carboxylic acids is 2. The average Bonchev–Trinajstić information content (AvgIpc) is 2.63. The van der Waals surface area contributed by atoms with Gasteiger partial charge in [0.2, 0.25) is 0 Å². The molecule has 1 aromatic heterocycles. The van der Waals surface area contributed by atoms with Crippen molar-refractivity contribution in [3.8, 4) is 0 Å². The van der Waals surface area contributed by atoms with Crippen molar-refractivity contribution in [1.82, 2.24) is 4.90 Å². The number of hydrogen-bond acceptors (Lipinski definition) is 4. The Bertz CT molecular complexity index is 403. The molecule has 0 fully saturated rings. The Morgan fingerprint density at radius 1 is 1.44 bits per heavy atom. The quantitative estimate of drug-likeness (QED) is 0.783. The summed E-state index contributed by atoms with van der Waals surface area (Å²) < 4.78 is 5.51. The molecule has 1 heterocycles. The van der Waals surface area contributed by atoms with Gasteiger partial charge in [-0.3, -0.25) is 4.79 Å². The predicted molar refractivity (Wildman–Crippen MR) is 62.9 cm³/mol. The van der Waals surface area contributed by atoms with Crippen LogP contribution >= 0.6 is 22.9 Å². The molecule has 0 saturated heterocycles. The molecular formula is C10H12ClNO3S. The number of carbonyl (C=O) groups is 2. The van der Waals surface area contributed by atoms with E-state index in [2.05, 4.69) is 0 Å². The average molecular weight is 262 g/mol. The Morgan fingerprint density at radius 3 is 2.50 bits per heavy atom. The van der Waals surface area contributed by atoms with Crippen molar-refractivity contribution in [2.45, 2.75) is 13.0 Å². The number of amides is 1. The Morgan fingerprint density at radius 2 is 2.06 bits per heavy atom. The van der Waals surface area contributed by atoms with E-state index in [9.17, 15) is 9.59 Å². The zero-order valence-electron chi connectivity index (χ0n) is 9.19. The number of nitrogens with zero attached hydrogens (tertiary/aromatic N) is 1. The molecule has 1 atom stereocenters. The molecule has 1 rings (SSSR count). The first-order chi connectivity index (χ1) is 7.41. The van der Waals surface area contributed by atoms with Gasteiger partial charge in [-0.25, -0.2) is 4.79 Å². The van der Waals surface area contributed by atoms with E-state index in [0.29, 0.717) is 9.21 Å².